The minimum Gasteiger partial charge on any atom is -0.397 e. The molecule has 0 saturated carbocycles. The molecule has 3 aromatic rings. The summed E-state index contributed by atoms with van der Waals surface area (Å²) < 4.78 is 2.84. The summed E-state index contributed by atoms with van der Waals surface area (Å²) in [6, 6.07) is 10.2. The maximum Gasteiger partial charge on any atom is 0.151 e. The van der Waals surface area contributed by atoms with E-state index in [0.717, 1.165) is 21.4 Å². The van der Waals surface area contributed by atoms with E-state index in [1.807, 2.05) is 22.9 Å². The van der Waals surface area contributed by atoms with Gasteiger partial charge in [0.2, 0.25) is 0 Å². The summed E-state index contributed by atoms with van der Waals surface area (Å²) >= 11 is 3.48. The van der Waals surface area contributed by atoms with E-state index in [-0.39, 0.29) is 0 Å². The fourth-order valence-corrected chi connectivity index (χ4v) is 2.50. The van der Waals surface area contributed by atoms with Gasteiger partial charge in [-0.15, -0.1) is 0 Å². The molecule has 0 saturated heterocycles. The average molecular weight is 302 g/mol. The lowest BCUT2D eigenvalue weighted by Crippen LogP contribution is -1.90. The van der Waals surface area contributed by atoms with Gasteiger partial charge in [-0.05, 0) is 28.9 Å². The van der Waals surface area contributed by atoms with Gasteiger partial charge in [0, 0.05) is 23.6 Å². The van der Waals surface area contributed by atoms with Crippen molar-refractivity contribution in [1.29, 1.82) is 0 Å². The highest BCUT2D eigenvalue weighted by molar-refractivity contribution is 9.10. The Morgan fingerprint density at radius 3 is 2.61 bits per heavy atom. The van der Waals surface area contributed by atoms with Crippen LogP contribution in [0.25, 0.3) is 16.9 Å². The lowest BCUT2D eigenvalue weighted by atomic mass is 10.1. The molecule has 2 aromatic heterocycles. The molecule has 0 amide bonds. The summed E-state index contributed by atoms with van der Waals surface area (Å²) in [6.07, 6.45) is 3.85. The Morgan fingerprint density at radius 1 is 1.17 bits per heavy atom. The van der Waals surface area contributed by atoms with E-state index in [0.29, 0.717) is 5.69 Å². The highest BCUT2D eigenvalue weighted by Crippen LogP contribution is 2.25. The minimum absolute atomic E-state index is 0.710. The number of aryl methyl sites for hydroxylation is 1. The number of aromatic nitrogens is 2. The molecule has 3 rings (SSSR count). The molecular weight excluding hydrogens is 290 g/mol. The smallest absolute Gasteiger partial charge is 0.151 e. The number of nitrogens with zero attached hydrogens (tertiary/aromatic N) is 2. The van der Waals surface area contributed by atoms with Crippen LogP contribution in [0.5, 0.6) is 0 Å². The van der Waals surface area contributed by atoms with Crippen molar-refractivity contribution in [3.8, 4) is 11.3 Å². The van der Waals surface area contributed by atoms with Gasteiger partial charge in [0.05, 0.1) is 10.2 Å². The van der Waals surface area contributed by atoms with Gasteiger partial charge < -0.3 is 10.1 Å². The van der Waals surface area contributed by atoms with Crippen molar-refractivity contribution in [2.75, 3.05) is 5.73 Å². The third kappa shape index (κ3) is 1.88. The molecule has 0 spiro atoms. The number of nitrogens with two attached hydrogens (primary N) is 1. The normalized spacial score (nSPS) is 11.0. The van der Waals surface area contributed by atoms with Crippen molar-refractivity contribution in [3.63, 3.8) is 0 Å². The molecule has 0 radical (unpaired) electrons. The third-order valence-corrected chi connectivity index (χ3v) is 3.46. The quantitative estimate of drug-likeness (QED) is 0.745. The number of hydrogen-bond donors (Lipinski definition) is 1. The second kappa shape index (κ2) is 4.14. The number of halogens is 1. The molecule has 2 heterocycles. The first kappa shape index (κ1) is 11.3. The second-order valence-electron chi connectivity index (χ2n) is 4.34. The van der Waals surface area contributed by atoms with Gasteiger partial charge in [0.15, 0.2) is 5.65 Å². The van der Waals surface area contributed by atoms with E-state index >= 15 is 0 Å². The molecule has 0 fully saturated rings. The van der Waals surface area contributed by atoms with Gasteiger partial charge in [0.25, 0.3) is 0 Å². The van der Waals surface area contributed by atoms with Gasteiger partial charge in [-0.1, -0.05) is 29.8 Å². The van der Waals surface area contributed by atoms with E-state index in [4.69, 9.17) is 5.73 Å². The molecule has 18 heavy (non-hydrogen) atoms. The van der Waals surface area contributed by atoms with Crippen LogP contribution >= 0.6 is 15.9 Å². The molecule has 1 aromatic carbocycles. The Kier molecular flexibility index (Phi) is 2.59. The van der Waals surface area contributed by atoms with Gasteiger partial charge in [-0.3, -0.25) is 0 Å². The van der Waals surface area contributed by atoms with Crippen molar-refractivity contribution in [2.45, 2.75) is 6.92 Å². The van der Waals surface area contributed by atoms with Gasteiger partial charge >= 0.3 is 0 Å². The maximum absolute atomic E-state index is 5.81. The van der Waals surface area contributed by atoms with Crippen LogP contribution in [-0.2, 0) is 0 Å². The summed E-state index contributed by atoms with van der Waals surface area (Å²) in [4.78, 5) is 4.61. The standard InChI is InChI=1S/C14H12BrN3/c1-9-2-4-10(5-3-9)13-8-18-7-11(16)6-12(15)14(18)17-13/h2-8H,16H2,1H3. The fraction of sp³-hybridized carbons (Fsp3) is 0.0714. The molecule has 2 N–H and O–H groups in total. The van der Waals surface area contributed by atoms with Crippen molar-refractivity contribution >= 4 is 27.3 Å². The topological polar surface area (TPSA) is 43.3 Å². The van der Waals surface area contributed by atoms with E-state index in [9.17, 15) is 0 Å². The number of rotatable bonds is 1. The fourth-order valence-electron chi connectivity index (χ4n) is 1.94. The zero-order chi connectivity index (χ0) is 12.7. The van der Waals surface area contributed by atoms with Crippen molar-refractivity contribution in [3.05, 3.63) is 52.8 Å². The molecule has 0 bridgehead atoms. The number of imidazole rings is 1. The van der Waals surface area contributed by atoms with Crippen LogP contribution in [0.1, 0.15) is 5.56 Å². The molecule has 0 unspecified atom stereocenters. The first-order chi connectivity index (χ1) is 8.63. The van der Waals surface area contributed by atoms with E-state index in [2.05, 4.69) is 52.1 Å². The number of fused-ring (bicyclic) bond motifs is 1. The van der Waals surface area contributed by atoms with Crippen LogP contribution < -0.4 is 5.73 Å². The lowest BCUT2D eigenvalue weighted by molar-refractivity contribution is 1.18. The van der Waals surface area contributed by atoms with Crippen molar-refractivity contribution in [1.82, 2.24) is 9.38 Å². The predicted octanol–water partition coefficient (Wildman–Crippen LogP) is 3.65. The molecule has 0 atom stereocenters. The molecule has 0 aliphatic carbocycles. The summed E-state index contributed by atoms with van der Waals surface area (Å²) in [6.45, 7) is 2.07. The van der Waals surface area contributed by atoms with E-state index in [1.54, 1.807) is 0 Å². The molecule has 90 valence electrons. The Morgan fingerprint density at radius 2 is 1.89 bits per heavy atom. The van der Waals surface area contributed by atoms with Crippen LogP contribution in [0.15, 0.2) is 47.2 Å². The number of pyridine rings is 1. The molecule has 0 aliphatic rings. The number of benzene rings is 1. The first-order valence-electron chi connectivity index (χ1n) is 5.64. The third-order valence-electron chi connectivity index (χ3n) is 2.87. The van der Waals surface area contributed by atoms with Gasteiger partial charge in [0.1, 0.15) is 0 Å². The second-order valence-corrected chi connectivity index (χ2v) is 5.20. The Hall–Kier alpha value is -1.81. The van der Waals surface area contributed by atoms with Crippen LogP contribution in [0.2, 0.25) is 0 Å². The predicted molar refractivity (Wildman–Crippen MR) is 77.5 cm³/mol. The highest BCUT2D eigenvalue weighted by atomic mass is 79.9. The monoisotopic (exact) mass is 301 g/mol. The molecule has 0 aliphatic heterocycles. The minimum atomic E-state index is 0.710. The van der Waals surface area contributed by atoms with Crippen LogP contribution in [0, 0.1) is 6.92 Å². The van der Waals surface area contributed by atoms with Crippen molar-refractivity contribution < 1.29 is 0 Å². The maximum atomic E-state index is 5.81. The highest BCUT2D eigenvalue weighted by Gasteiger charge is 2.07. The Labute approximate surface area is 113 Å². The largest absolute Gasteiger partial charge is 0.397 e. The SMILES string of the molecule is Cc1ccc(-c2cn3cc(N)cc(Br)c3n2)cc1. The van der Waals surface area contributed by atoms with Crippen LogP contribution in [0.4, 0.5) is 5.69 Å². The molecule has 4 heteroatoms. The number of hydrogen-bond acceptors (Lipinski definition) is 2. The Bertz CT molecular complexity index is 714. The lowest BCUT2D eigenvalue weighted by Gasteiger charge is -1.97. The van der Waals surface area contributed by atoms with Crippen molar-refractivity contribution in [2.24, 2.45) is 0 Å². The average Bonchev–Trinajstić information content (AvgIpc) is 2.74. The molecular formula is C14H12BrN3. The number of nitrogen functional groups attached to an aromatic ring is 1. The first-order valence-corrected chi connectivity index (χ1v) is 6.43. The summed E-state index contributed by atoms with van der Waals surface area (Å²) in [5.41, 5.74) is 10.7. The van der Waals surface area contributed by atoms with Crippen LogP contribution in [0.3, 0.4) is 0 Å². The van der Waals surface area contributed by atoms with Gasteiger partial charge in [-0.25, -0.2) is 4.98 Å². The van der Waals surface area contributed by atoms with Gasteiger partial charge in [-0.2, -0.15) is 0 Å². The summed E-state index contributed by atoms with van der Waals surface area (Å²) in [5, 5.41) is 0. The Balaban J connectivity index is 2.19. The zero-order valence-corrected chi connectivity index (χ0v) is 11.5. The molecule has 3 nitrogen and oxygen atoms in total. The van der Waals surface area contributed by atoms with E-state index in [1.165, 1.54) is 5.56 Å². The van der Waals surface area contributed by atoms with Crippen LogP contribution in [-0.4, -0.2) is 9.38 Å². The summed E-state index contributed by atoms with van der Waals surface area (Å²) in [7, 11) is 0. The van der Waals surface area contributed by atoms with E-state index < -0.39 is 0 Å². The number of anilines is 1. The summed E-state index contributed by atoms with van der Waals surface area (Å²) in [5.74, 6) is 0. The zero-order valence-electron chi connectivity index (χ0n) is 9.89.